The molecule has 0 aliphatic heterocycles. The third-order valence-electron chi connectivity index (χ3n) is 3.69. The molecule has 0 amide bonds. The zero-order valence-corrected chi connectivity index (χ0v) is 14.6. The van der Waals surface area contributed by atoms with Crippen LogP contribution in [0.4, 0.5) is 5.95 Å². The van der Waals surface area contributed by atoms with E-state index in [-0.39, 0.29) is 5.95 Å². The minimum Gasteiger partial charge on any atom is -0.368 e. The fourth-order valence-corrected chi connectivity index (χ4v) is 4.20. The van der Waals surface area contributed by atoms with Gasteiger partial charge in [-0.15, -0.1) is 11.3 Å². The maximum absolute atomic E-state index is 5.69. The van der Waals surface area contributed by atoms with Crippen molar-refractivity contribution in [2.75, 3.05) is 5.73 Å². The van der Waals surface area contributed by atoms with Gasteiger partial charge < -0.3 is 5.73 Å². The quantitative estimate of drug-likeness (QED) is 0.571. The van der Waals surface area contributed by atoms with Gasteiger partial charge in [-0.25, -0.2) is 15.0 Å². The molecular formula is C18H14N4S2. The first-order valence-corrected chi connectivity index (χ1v) is 9.16. The number of nitrogens with two attached hydrogens (primary N) is 1. The number of hydrogen-bond donors (Lipinski definition) is 1. The maximum Gasteiger partial charge on any atom is 0.220 e. The Morgan fingerprint density at radius 1 is 0.917 bits per heavy atom. The molecule has 0 aliphatic rings. The van der Waals surface area contributed by atoms with Crippen LogP contribution in [0, 0.1) is 6.92 Å². The number of rotatable bonds is 3. The van der Waals surface area contributed by atoms with Gasteiger partial charge in [-0.1, -0.05) is 24.3 Å². The van der Waals surface area contributed by atoms with Gasteiger partial charge >= 0.3 is 0 Å². The van der Waals surface area contributed by atoms with Crippen LogP contribution >= 0.6 is 22.7 Å². The molecule has 0 bridgehead atoms. The summed E-state index contributed by atoms with van der Waals surface area (Å²) in [5.41, 5.74) is 11.0. The maximum atomic E-state index is 5.69. The largest absolute Gasteiger partial charge is 0.368 e. The Hall–Kier alpha value is -2.57. The molecule has 4 aromatic rings. The molecule has 118 valence electrons. The number of aryl methyl sites for hydroxylation is 1. The topological polar surface area (TPSA) is 64.7 Å². The molecule has 3 aromatic heterocycles. The van der Waals surface area contributed by atoms with E-state index in [1.807, 2.05) is 13.0 Å². The van der Waals surface area contributed by atoms with Crippen LogP contribution < -0.4 is 5.73 Å². The highest BCUT2D eigenvalue weighted by Gasteiger charge is 2.13. The van der Waals surface area contributed by atoms with Crippen LogP contribution in [0.1, 0.15) is 5.69 Å². The van der Waals surface area contributed by atoms with Gasteiger partial charge in [0.05, 0.1) is 16.3 Å². The number of hydrogen-bond acceptors (Lipinski definition) is 6. The van der Waals surface area contributed by atoms with Crippen molar-refractivity contribution in [3.8, 4) is 32.3 Å². The van der Waals surface area contributed by atoms with E-state index in [0.717, 1.165) is 26.8 Å². The first-order valence-electron chi connectivity index (χ1n) is 7.40. The van der Waals surface area contributed by atoms with E-state index >= 15 is 0 Å². The highest BCUT2D eigenvalue weighted by atomic mass is 32.1. The zero-order valence-electron chi connectivity index (χ0n) is 12.9. The van der Waals surface area contributed by atoms with Gasteiger partial charge in [0, 0.05) is 11.8 Å². The Bertz CT molecular complexity index is 973. The second-order valence-electron chi connectivity index (χ2n) is 5.32. The van der Waals surface area contributed by atoms with E-state index in [1.165, 1.54) is 11.1 Å². The predicted molar refractivity (Wildman–Crippen MR) is 101 cm³/mol. The number of thiazole rings is 1. The summed E-state index contributed by atoms with van der Waals surface area (Å²) in [4.78, 5) is 14.0. The van der Waals surface area contributed by atoms with Crippen LogP contribution in [-0.4, -0.2) is 15.0 Å². The number of thiophene rings is 1. The number of nitrogens with zero attached hydrogens (tertiary/aromatic N) is 3. The summed E-state index contributed by atoms with van der Waals surface area (Å²) in [6.07, 6.45) is 1.67. The van der Waals surface area contributed by atoms with Crippen LogP contribution in [0.25, 0.3) is 32.3 Å². The molecule has 2 N–H and O–H groups in total. The lowest BCUT2D eigenvalue weighted by Crippen LogP contribution is -1.94. The third-order valence-corrected chi connectivity index (χ3v) is 5.60. The van der Waals surface area contributed by atoms with Crippen molar-refractivity contribution < 1.29 is 0 Å². The van der Waals surface area contributed by atoms with Crippen molar-refractivity contribution in [3.05, 3.63) is 59.0 Å². The molecule has 0 saturated carbocycles. The molecule has 0 unspecified atom stereocenters. The highest BCUT2D eigenvalue weighted by molar-refractivity contribution is 7.18. The zero-order chi connectivity index (χ0) is 16.5. The number of nitrogen functional groups attached to an aromatic ring is 1. The highest BCUT2D eigenvalue weighted by Crippen LogP contribution is 2.35. The molecule has 4 nitrogen and oxygen atoms in total. The van der Waals surface area contributed by atoms with Crippen molar-refractivity contribution in [3.63, 3.8) is 0 Å². The van der Waals surface area contributed by atoms with Crippen LogP contribution in [0.5, 0.6) is 0 Å². The fourth-order valence-electron chi connectivity index (χ4n) is 2.49. The van der Waals surface area contributed by atoms with E-state index in [1.54, 1.807) is 28.9 Å². The fraction of sp³-hybridized carbons (Fsp3) is 0.0556. The van der Waals surface area contributed by atoms with Crippen LogP contribution in [0.15, 0.2) is 53.4 Å². The molecule has 0 aliphatic carbocycles. The molecule has 3 heterocycles. The van der Waals surface area contributed by atoms with E-state index < -0.39 is 0 Å². The minimum absolute atomic E-state index is 0.280. The summed E-state index contributed by atoms with van der Waals surface area (Å²) >= 11 is 3.33. The lowest BCUT2D eigenvalue weighted by molar-refractivity contribution is 1.18. The van der Waals surface area contributed by atoms with Crippen LogP contribution in [-0.2, 0) is 0 Å². The summed E-state index contributed by atoms with van der Waals surface area (Å²) in [5.74, 6) is 0.280. The molecule has 0 fully saturated rings. The van der Waals surface area contributed by atoms with Crippen molar-refractivity contribution >= 4 is 28.6 Å². The SMILES string of the molecule is Cc1nc(-c2ccc(-c3ccsc3)cc2)sc1-c1ccnc(N)n1. The van der Waals surface area contributed by atoms with Gasteiger partial charge in [0.2, 0.25) is 5.95 Å². The molecule has 4 rings (SSSR count). The van der Waals surface area contributed by atoms with Gasteiger partial charge in [-0.2, -0.15) is 11.3 Å². The normalized spacial score (nSPS) is 10.9. The third kappa shape index (κ3) is 2.81. The van der Waals surface area contributed by atoms with Gasteiger partial charge in [-0.05, 0) is 40.9 Å². The molecule has 0 radical (unpaired) electrons. The summed E-state index contributed by atoms with van der Waals surface area (Å²) < 4.78 is 0. The summed E-state index contributed by atoms with van der Waals surface area (Å²) in [5, 5.41) is 5.23. The number of aromatic nitrogens is 3. The molecule has 0 atom stereocenters. The Balaban J connectivity index is 1.69. The lowest BCUT2D eigenvalue weighted by Gasteiger charge is -2.00. The Kier molecular flexibility index (Phi) is 3.84. The molecule has 6 heteroatoms. The molecule has 24 heavy (non-hydrogen) atoms. The second kappa shape index (κ2) is 6.14. The van der Waals surface area contributed by atoms with Crippen molar-refractivity contribution in [1.82, 2.24) is 15.0 Å². The van der Waals surface area contributed by atoms with Crippen LogP contribution in [0.3, 0.4) is 0 Å². The number of benzene rings is 1. The van der Waals surface area contributed by atoms with Gasteiger partial charge in [0.15, 0.2) is 0 Å². The monoisotopic (exact) mass is 350 g/mol. The standard InChI is InChI=1S/C18H14N4S2/c1-11-16(15-6-8-20-18(19)22-15)24-17(21-11)13-4-2-12(3-5-13)14-7-9-23-10-14/h2-10H,1H3,(H2,19,20,22). The molecular weight excluding hydrogens is 336 g/mol. The minimum atomic E-state index is 0.280. The Morgan fingerprint density at radius 3 is 2.42 bits per heavy atom. The van der Waals surface area contributed by atoms with Gasteiger partial charge in [0.25, 0.3) is 0 Å². The molecule has 0 saturated heterocycles. The Labute approximate surface area is 147 Å². The number of anilines is 1. The predicted octanol–water partition coefficient (Wildman–Crippen LogP) is 4.89. The smallest absolute Gasteiger partial charge is 0.220 e. The average molecular weight is 350 g/mol. The van der Waals surface area contributed by atoms with Gasteiger partial charge in [-0.3, -0.25) is 0 Å². The van der Waals surface area contributed by atoms with E-state index in [0.29, 0.717) is 0 Å². The van der Waals surface area contributed by atoms with Crippen molar-refractivity contribution in [1.29, 1.82) is 0 Å². The van der Waals surface area contributed by atoms with E-state index in [2.05, 4.69) is 51.1 Å². The summed E-state index contributed by atoms with van der Waals surface area (Å²) in [6.45, 7) is 1.99. The first kappa shape index (κ1) is 15.0. The molecule has 0 spiro atoms. The summed E-state index contributed by atoms with van der Waals surface area (Å²) in [6, 6.07) is 12.5. The average Bonchev–Trinajstić information content (AvgIpc) is 3.25. The Morgan fingerprint density at radius 2 is 1.71 bits per heavy atom. The summed E-state index contributed by atoms with van der Waals surface area (Å²) in [7, 11) is 0. The second-order valence-corrected chi connectivity index (χ2v) is 7.10. The van der Waals surface area contributed by atoms with Crippen molar-refractivity contribution in [2.24, 2.45) is 0 Å². The van der Waals surface area contributed by atoms with Crippen molar-refractivity contribution in [2.45, 2.75) is 6.92 Å². The van der Waals surface area contributed by atoms with E-state index in [9.17, 15) is 0 Å². The first-order chi connectivity index (χ1) is 11.7. The van der Waals surface area contributed by atoms with Gasteiger partial charge in [0.1, 0.15) is 5.01 Å². The van der Waals surface area contributed by atoms with Crippen LogP contribution in [0.2, 0.25) is 0 Å². The van der Waals surface area contributed by atoms with E-state index in [4.69, 9.17) is 10.7 Å². The molecule has 1 aromatic carbocycles. The lowest BCUT2D eigenvalue weighted by atomic mass is 10.1.